The molecular formula is C10H7N3S. The number of aliphatic imine (C=N–C) groups is 1. The van der Waals surface area contributed by atoms with Gasteiger partial charge in [-0.05, 0) is 12.1 Å². The maximum Gasteiger partial charge on any atom is 0.171 e. The molecule has 1 heterocycles. The molecule has 0 bridgehead atoms. The Hall–Kier alpha value is -1.73. The van der Waals surface area contributed by atoms with Gasteiger partial charge in [-0.2, -0.15) is 5.26 Å². The monoisotopic (exact) mass is 201 g/mol. The first kappa shape index (κ1) is 8.85. The summed E-state index contributed by atoms with van der Waals surface area (Å²) < 4.78 is 1.08. The highest BCUT2D eigenvalue weighted by molar-refractivity contribution is 7.20. The predicted molar refractivity (Wildman–Crippen MR) is 57.7 cm³/mol. The molecule has 0 aliphatic heterocycles. The third kappa shape index (κ3) is 1.38. The molecule has 0 amide bonds. The number of hydrogen-bond acceptors (Lipinski definition) is 4. The minimum absolute atomic E-state index is 0.395. The standard InChI is InChI=1S/C10H7N3S/c1-12-8(6-11)10-13-7-4-2-3-5-9(7)14-10/h2-5H,1H3. The van der Waals surface area contributed by atoms with E-state index in [-0.39, 0.29) is 0 Å². The van der Waals surface area contributed by atoms with Crippen LogP contribution in [0, 0.1) is 11.3 Å². The van der Waals surface area contributed by atoms with Crippen LogP contribution in [0.4, 0.5) is 0 Å². The molecule has 0 aliphatic rings. The molecule has 1 aromatic carbocycles. The van der Waals surface area contributed by atoms with Crippen LogP contribution in [0.1, 0.15) is 5.01 Å². The lowest BCUT2D eigenvalue weighted by molar-refractivity contribution is 1.39. The van der Waals surface area contributed by atoms with E-state index in [2.05, 4.69) is 9.98 Å². The van der Waals surface area contributed by atoms with Gasteiger partial charge in [0.2, 0.25) is 0 Å². The van der Waals surface area contributed by atoms with Crippen LogP contribution >= 0.6 is 11.3 Å². The van der Waals surface area contributed by atoms with Gasteiger partial charge >= 0.3 is 0 Å². The van der Waals surface area contributed by atoms with Crippen molar-refractivity contribution in [1.29, 1.82) is 5.26 Å². The Morgan fingerprint density at radius 1 is 1.50 bits per heavy atom. The Kier molecular flexibility index (Phi) is 2.25. The SMILES string of the molecule is CN=C(C#N)c1nc2ccccc2s1. The first-order chi connectivity index (χ1) is 6.85. The second-order valence-electron chi connectivity index (χ2n) is 2.67. The Bertz CT molecular complexity index is 501. The minimum atomic E-state index is 0.395. The number of nitrogens with zero attached hydrogens (tertiary/aromatic N) is 3. The molecule has 1 aromatic heterocycles. The van der Waals surface area contributed by atoms with E-state index in [0.717, 1.165) is 10.2 Å². The van der Waals surface area contributed by atoms with Crippen LogP contribution in [0.3, 0.4) is 0 Å². The number of hydrogen-bond donors (Lipinski definition) is 0. The number of benzene rings is 1. The van der Waals surface area contributed by atoms with Crippen LogP contribution in [0.25, 0.3) is 10.2 Å². The lowest BCUT2D eigenvalue weighted by Crippen LogP contribution is -1.94. The van der Waals surface area contributed by atoms with Gasteiger partial charge < -0.3 is 0 Å². The lowest BCUT2D eigenvalue weighted by Gasteiger charge is -1.85. The van der Waals surface area contributed by atoms with E-state index >= 15 is 0 Å². The second kappa shape index (κ2) is 3.56. The van der Waals surface area contributed by atoms with Crippen molar-refractivity contribution >= 4 is 27.3 Å². The van der Waals surface area contributed by atoms with Crippen LogP contribution in [-0.4, -0.2) is 17.7 Å². The van der Waals surface area contributed by atoms with Gasteiger partial charge in [0, 0.05) is 7.05 Å². The Morgan fingerprint density at radius 3 is 2.93 bits per heavy atom. The molecule has 2 rings (SSSR count). The molecule has 0 saturated heterocycles. The molecule has 0 unspecified atom stereocenters. The minimum Gasteiger partial charge on any atom is -0.275 e. The fourth-order valence-electron chi connectivity index (χ4n) is 1.17. The van der Waals surface area contributed by atoms with Gasteiger partial charge in [-0.1, -0.05) is 12.1 Å². The van der Waals surface area contributed by atoms with E-state index in [0.29, 0.717) is 10.7 Å². The smallest absolute Gasteiger partial charge is 0.171 e. The lowest BCUT2D eigenvalue weighted by atomic mass is 10.3. The van der Waals surface area contributed by atoms with Crippen LogP contribution in [-0.2, 0) is 0 Å². The molecule has 0 aliphatic carbocycles. The van der Waals surface area contributed by atoms with Gasteiger partial charge in [0.1, 0.15) is 6.07 Å². The van der Waals surface area contributed by atoms with Crippen molar-refractivity contribution < 1.29 is 0 Å². The van der Waals surface area contributed by atoms with Crippen molar-refractivity contribution in [3.63, 3.8) is 0 Å². The van der Waals surface area contributed by atoms with Gasteiger partial charge in [-0.3, -0.25) is 4.99 Å². The third-order valence-electron chi connectivity index (χ3n) is 1.83. The molecule has 0 radical (unpaired) electrons. The van der Waals surface area contributed by atoms with Crippen molar-refractivity contribution in [2.24, 2.45) is 4.99 Å². The summed E-state index contributed by atoms with van der Waals surface area (Å²) in [5.41, 5.74) is 1.31. The summed E-state index contributed by atoms with van der Waals surface area (Å²) in [5, 5.41) is 9.48. The van der Waals surface area contributed by atoms with Gasteiger partial charge in [-0.15, -0.1) is 11.3 Å². The van der Waals surface area contributed by atoms with Gasteiger partial charge in [0.15, 0.2) is 10.7 Å². The van der Waals surface area contributed by atoms with E-state index in [9.17, 15) is 0 Å². The molecule has 0 saturated carbocycles. The normalized spacial score (nSPS) is 11.6. The summed E-state index contributed by atoms with van der Waals surface area (Å²) in [5.74, 6) is 0. The fraction of sp³-hybridized carbons (Fsp3) is 0.100. The van der Waals surface area contributed by atoms with Gasteiger partial charge in [0.05, 0.1) is 10.2 Å². The summed E-state index contributed by atoms with van der Waals surface area (Å²) in [7, 11) is 1.60. The summed E-state index contributed by atoms with van der Waals surface area (Å²) in [6.45, 7) is 0. The highest BCUT2D eigenvalue weighted by Crippen LogP contribution is 2.21. The van der Waals surface area contributed by atoms with Crippen molar-refractivity contribution in [3.8, 4) is 6.07 Å². The van der Waals surface area contributed by atoms with Crippen molar-refractivity contribution in [2.75, 3.05) is 7.05 Å². The Labute approximate surface area is 85.4 Å². The van der Waals surface area contributed by atoms with Crippen molar-refractivity contribution in [1.82, 2.24) is 4.98 Å². The molecule has 14 heavy (non-hydrogen) atoms. The third-order valence-corrected chi connectivity index (χ3v) is 2.87. The van der Waals surface area contributed by atoms with Crippen LogP contribution in [0.5, 0.6) is 0 Å². The highest BCUT2D eigenvalue weighted by Gasteiger charge is 2.07. The predicted octanol–water partition coefficient (Wildman–Crippen LogP) is 2.24. The topological polar surface area (TPSA) is 49.0 Å². The first-order valence-corrected chi connectivity index (χ1v) is 4.89. The van der Waals surface area contributed by atoms with E-state index < -0.39 is 0 Å². The first-order valence-electron chi connectivity index (χ1n) is 4.08. The molecule has 68 valence electrons. The van der Waals surface area contributed by atoms with Gasteiger partial charge in [-0.25, -0.2) is 4.98 Å². The molecule has 0 spiro atoms. The number of aromatic nitrogens is 1. The summed E-state index contributed by atoms with van der Waals surface area (Å²) in [6.07, 6.45) is 0. The average Bonchev–Trinajstić information content (AvgIpc) is 2.63. The number of nitriles is 1. The summed E-state index contributed by atoms with van der Waals surface area (Å²) in [6, 6.07) is 9.83. The quantitative estimate of drug-likeness (QED) is 0.664. The molecule has 0 N–H and O–H groups in total. The highest BCUT2D eigenvalue weighted by atomic mass is 32.1. The molecule has 0 fully saturated rings. The second-order valence-corrected chi connectivity index (χ2v) is 3.70. The van der Waals surface area contributed by atoms with E-state index in [4.69, 9.17) is 5.26 Å². The largest absolute Gasteiger partial charge is 0.275 e. The maximum absolute atomic E-state index is 8.79. The van der Waals surface area contributed by atoms with E-state index in [1.165, 1.54) is 11.3 Å². The average molecular weight is 201 g/mol. The fourth-order valence-corrected chi connectivity index (χ4v) is 2.12. The molecular weight excluding hydrogens is 194 g/mol. The van der Waals surface area contributed by atoms with Crippen LogP contribution < -0.4 is 0 Å². The number of para-hydroxylation sites is 1. The molecule has 3 nitrogen and oxygen atoms in total. The van der Waals surface area contributed by atoms with Crippen LogP contribution in [0.2, 0.25) is 0 Å². The van der Waals surface area contributed by atoms with Gasteiger partial charge in [0.25, 0.3) is 0 Å². The summed E-state index contributed by atoms with van der Waals surface area (Å²) >= 11 is 1.49. The van der Waals surface area contributed by atoms with Crippen molar-refractivity contribution in [2.45, 2.75) is 0 Å². The zero-order valence-corrected chi connectivity index (χ0v) is 8.38. The maximum atomic E-state index is 8.79. The zero-order chi connectivity index (χ0) is 9.97. The molecule has 2 aromatic rings. The number of thiazole rings is 1. The molecule has 0 atom stereocenters. The van der Waals surface area contributed by atoms with Crippen LogP contribution in [0.15, 0.2) is 29.3 Å². The number of fused-ring (bicyclic) bond motifs is 1. The van der Waals surface area contributed by atoms with E-state index in [1.54, 1.807) is 7.05 Å². The Morgan fingerprint density at radius 2 is 2.29 bits per heavy atom. The Balaban J connectivity index is 2.62. The summed E-state index contributed by atoms with van der Waals surface area (Å²) in [4.78, 5) is 8.20. The zero-order valence-electron chi connectivity index (χ0n) is 7.56. The van der Waals surface area contributed by atoms with Crippen molar-refractivity contribution in [3.05, 3.63) is 29.3 Å². The van der Waals surface area contributed by atoms with E-state index in [1.807, 2.05) is 30.3 Å². The molecule has 4 heteroatoms. The number of rotatable bonds is 1.